The Kier molecular flexibility index (Phi) is 5.87. The molecule has 0 spiro atoms. The molecule has 0 aliphatic heterocycles. The van der Waals surface area contributed by atoms with E-state index in [-0.39, 0.29) is 5.91 Å². The van der Waals surface area contributed by atoms with Crippen LogP contribution in [0.15, 0.2) is 30.4 Å². The number of benzene rings is 1. The Morgan fingerprint density at radius 2 is 2.05 bits per heavy atom. The van der Waals surface area contributed by atoms with Crippen molar-refractivity contribution < 1.29 is 14.3 Å². The van der Waals surface area contributed by atoms with Crippen molar-refractivity contribution in [2.24, 2.45) is 5.92 Å². The van der Waals surface area contributed by atoms with E-state index in [1.165, 1.54) is 0 Å². The van der Waals surface area contributed by atoms with Crippen LogP contribution in [0.3, 0.4) is 0 Å². The number of hydrogen-bond donors (Lipinski definition) is 0. The monoisotopic (exact) mass is 303 g/mol. The Bertz CT molecular complexity index is 539. The largest absolute Gasteiger partial charge is 0.493 e. The van der Waals surface area contributed by atoms with Crippen molar-refractivity contribution in [3.05, 3.63) is 35.9 Å². The summed E-state index contributed by atoms with van der Waals surface area (Å²) in [6.45, 7) is 3.33. The molecule has 0 N–H and O–H groups in total. The van der Waals surface area contributed by atoms with Crippen molar-refractivity contribution in [3.63, 3.8) is 0 Å². The molecule has 1 aliphatic rings. The molecule has 120 valence electrons. The second kappa shape index (κ2) is 7.87. The molecule has 1 amide bonds. The Morgan fingerprint density at radius 3 is 2.64 bits per heavy atom. The molecule has 0 radical (unpaired) electrons. The molecular formula is C18H25NO3. The number of carbonyl (C=O) groups excluding carboxylic acids is 1. The number of allylic oxidation sites excluding steroid dienone is 2. The van der Waals surface area contributed by atoms with Crippen LogP contribution in [-0.2, 0) is 11.3 Å². The van der Waals surface area contributed by atoms with E-state index < -0.39 is 0 Å². The summed E-state index contributed by atoms with van der Waals surface area (Å²) >= 11 is 0. The van der Waals surface area contributed by atoms with E-state index in [4.69, 9.17) is 9.47 Å². The lowest BCUT2D eigenvalue weighted by Crippen LogP contribution is -2.31. The predicted molar refractivity (Wildman–Crippen MR) is 87.1 cm³/mol. The summed E-state index contributed by atoms with van der Waals surface area (Å²) in [5.41, 5.74) is 1.05. The van der Waals surface area contributed by atoms with Crippen molar-refractivity contribution in [1.82, 2.24) is 4.90 Å². The van der Waals surface area contributed by atoms with E-state index in [0.717, 1.165) is 18.4 Å². The fourth-order valence-electron chi connectivity index (χ4n) is 2.79. The van der Waals surface area contributed by atoms with Gasteiger partial charge in [-0.3, -0.25) is 4.79 Å². The molecule has 0 aromatic heterocycles. The normalized spacial score (nSPS) is 16.6. The van der Waals surface area contributed by atoms with Gasteiger partial charge in [0.1, 0.15) is 0 Å². The van der Waals surface area contributed by atoms with Crippen molar-refractivity contribution in [2.45, 2.75) is 32.7 Å². The summed E-state index contributed by atoms with van der Waals surface area (Å²) < 4.78 is 10.6. The Hall–Kier alpha value is -1.97. The highest BCUT2D eigenvalue weighted by Crippen LogP contribution is 2.28. The van der Waals surface area contributed by atoms with Gasteiger partial charge in [0.2, 0.25) is 5.91 Å². The van der Waals surface area contributed by atoms with E-state index in [0.29, 0.717) is 36.9 Å². The lowest BCUT2D eigenvalue weighted by atomic mass is 10.0. The van der Waals surface area contributed by atoms with Gasteiger partial charge in [0.15, 0.2) is 11.5 Å². The zero-order valence-corrected chi connectivity index (χ0v) is 13.7. The van der Waals surface area contributed by atoms with Gasteiger partial charge in [0.25, 0.3) is 0 Å². The van der Waals surface area contributed by atoms with Crippen LogP contribution in [0.1, 0.15) is 31.7 Å². The Morgan fingerprint density at radius 1 is 1.27 bits per heavy atom. The highest BCUT2D eigenvalue weighted by atomic mass is 16.5. The van der Waals surface area contributed by atoms with Crippen LogP contribution in [0.4, 0.5) is 0 Å². The average molecular weight is 303 g/mol. The first-order chi connectivity index (χ1) is 10.7. The van der Waals surface area contributed by atoms with Crippen LogP contribution >= 0.6 is 0 Å². The van der Waals surface area contributed by atoms with Crippen molar-refractivity contribution in [3.8, 4) is 11.5 Å². The van der Waals surface area contributed by atoms with Gasteiger partial charge >= 0.3 is 0 Å². The third-order valence-corrected chi connectivity index (χ3v) is 4.10. The summed E-state index contributed by atoms with van der Waals surface area (Å²) in [7, 11) is 3.24. The van der Waals surface area contributed by atoms with Gasteiger partial charge in [-0.15, -0.1) is 0 Å². The molecule has 0 saturated heterocycles. The van der Waals surface area contributed by atoms with Crippen molar-refractivity contribution in [1.29, 1.82) is 0 Å². The molecule has 1 aromatic rings. The fourth-order valence-corrected chi connectivity index (χ4v) is 2.79. The molecule has 1 unspecified atom stereocenters. The van der Waals surface area contributed by atoms with Crippen LogP contribution in [-0.4, -0.2) is 31.6 Å². The van der Waals surface area contributed by atoms with E-state index in [1.807, 2.05) is 30.0 Å². The number of rotatable bonds is 7. The van der Waals surface area contributed by atoms with Crippen molar-refractivity contribution in [2.75, 3.05) is 20.8 Å². The number of hydrogen-bond acceptors (Lipinski definition) is 3. The molecule has 0 fully saturated rings. The van der Waals surface area contributed by atoms with Gasteiger partial charge in [-0.1, -0.05) is 18.2 Å². The van der Waals surface area contributed by atoms with Crippen molar-refractivity contribution >= 4 is 5.91 Å². The van der Waals surface area contributed by atoms with Crippen LogP contribution in [0.5, 0.6) is 11.5 Å². The maximum atomic E-state index is 12.4. The minimum atomic E-state index is 0.217. The van der Waals surface area contributed by atoms with Gasteiger partial charge in [0, 0.05) is 19.5 Å². The smallest absolute Gasteiger partial charge is 0.223 e. The first kappa shape index (κ1) is 16.4. The Labute approximate surface area is 132 Å². The zero-order chi connectivity index (χ0) is 15.9. The topological polar surface area (TPSA) is 38.8 Å². The summed E-state index contributed by atoms with van der Waals surface area (Å²) in [5, 5.41) is 0. The first-order valence-corrected chi connectivity index (χ1v) is 7.83. The third kappa shape index (κ3) is 4.03. The first-order valence-electron chi connectivity index (χ1n) is 7.83. The average Bonchev–Trinajstić information content (AvgIpc) is 3.05. The van der Waals surface area contributed by atoms with Crippen LogP contribution in [0, 0.1) is 5.92 Å². The van der Waals surface area contributed by atoms with Gasteiger partial charge in [0.05, 0.1) is 14.2 Å². The van der Waals surface area contributed by atoms with E-state index >= 15 is 0 Å². The number of carbonyl (C=O) groups is 1. The summed E-state index contributed by atoms with van der Waals surface area (Å²) in [6.07, 6.45) is 7.14. The number of amides is 1. The highest BCUT2D eigenvalue weighted by Gasteiger charge is 2.19. The highest BCUT2D eigenvalue weighted by molar-refractivity contribution is 5.76. The number of methoxy groups -OCH3 is 2. The maximum Gasteiger partial charge on any atom is 0.223 e. The SMILES string of the molecule is CCN(Cc1ccc(OC)c(OC)c1)C(=O)CC1C=CCC1. The van der Waals surface area contributed by atoms with Crippen LogP contribution < -0.4 is 9.47 Å². The molecular weight excluding hydrogens is 278 g/mol. The van der Waals surface area contributed by atoms with Crippen LogP contribution in [0.2, 0.25) is 0 Å². The van der Waals surface area contributed by atoms with Crippen LogP contribution in [0.25, 0.3) is 0 Å². The number of nitrogens with zero attached hydrogens (tertiary/aromatic N) is 1. The summed E-state index contributed by atoms with van der Waals surface area (Å²) in [6, 6.07) is 5.79. The summed E-state index contributed by atoms with van der Waals surface area (Å²) in [5.74, 6) is 2.03. The molecule has 1 aliphatic carbocycles. The van der Waals surface area contributed by atoms with Gasteiger partial charge in [-0.05, 0) is 43.4 Å². The van der Waals surface area contributed by atoms with E-state index in [1.54, 1.807) is 14.2 Å². The zero-order valence-electron chi connectivity index (χ0n) is 13.7. The lowest BCUT2D eigenvalue weighted by molar-refractivity contribution is -0.132. The molecule has 2 rings (SSSR count). The maximum absolute atomic E-state index is 12.4. The minimum absolute atomic E-state index is 0.217. The summed E-state index contributed by atoms with van der Waals surface area (Å²) in [4.78, 5) is 14.3. The second-order valence-corrected chi connectivity index (χ2v) is 5.57. The van der Waals surface area contributed by atoms with E-state index in [2.05, 4.69) is 12.2 Å². The third-order valence-electron chi connectivity index (χ3n) is 4.10. The second-order valence-electron chi connectivity index (χ2n) is 5.57. The predicted octanol–water partition coefficient (Wildman–Crippen LogP) is 3.41. The number of ether oxygens (including phenoxy) is 2. The van der Waals surface area contributed by atoms with Gasteiger partial charge in [-0.25, -0.2) is 0 Å². The molecule has 4 heteroatoms. The van der Waals surface area contributed by atoms with E-state index in [9.17, 15) is 4.79 Å². The molecule has 0 saturated carbocycles. The fraction of sp³-hybridized carbons (Fsp3) is 0.500. The molecule has 4 nitrogen and oxygen atoms in total. The quantitative estimate of drug-likeness (QED) is 0.725. The lowest BCUT2D eigenvalue weighted by Gasteiger charge is -2.23. The van der Waals surface area contributed by atoms with Gasteiger partial charge < -0.3 is 14.4 Å². The minimum Gasteiger partial charge on any atom is -0.493 e. The molecule has 1 atom stereocenters. The molecule has 0 bridgehead atoms. The Balaban J connectivity index is 2.02. The molecule has 1 aromatic carbocycles. The van der Waals surface area contributed by atoms with Gasteiger partial charge in [-0.2, -0.15) is 0 Å². The standard InChI is InChI=1S/C18H25NO3/c1-4-19(18(20)12-14-7-5-6-8-14)13-15-9-10-16(21-2)17(11-15)22-3/h5,7,9-11,14H,4,6,8,12-13H2,1-3H3. The molecule has 22 heavy (non-hydrogen) atoms. The molecule has 0 heterocycles.